The number of amides is 1. The number of hydrogen-bond acceptors (Lipinski definition) is 4. The van der Waals surface area contributed by atoms with Crippen molar-refractivity contribution in [1.29, 1.82) is 0 Å². The van der Waals surface area contributed by atoms with Crippen LogP contribution in [0.25, 0.3) is 11.0 Å². The fourth-order valence-electron chi connectivity index (χ4n) is 3.63. The summed E-state index contributed by atoms with van der Waals surface area (Å²) in [5, 5.41) is 2.94. The molecule has 0 radical (unpaired) electrons. The molecule has 2 N–H and O–H groups in total. The first kappa shape index (κ1) is 19.4. The molecule has 1 aromatic carbocycles. The molecule has 1 aliphatic heterocycles. The Hall–Kier alpha value is -2.41. The molecule has 0 bridgehead atoms. The lowest BCUT2D eigenvalue weighted by atomic mass is 9.99. The minimum absolute atomic E-state index is 0.167. The van der Waals surface area contributed by atoms with E-state index in [1.165, 1.54) is 17.4 Å². The molecule has 27 heavy (non-hydrogen) atoms. The number of hydrogen-bond donors (Lipinski definition) is 2. The Kier molecular flexibility index (Phi) is 6.11. The van der Waals surface area contributed by atoms with Gasteiger partial charge in [-0.05, 0) is 69.9 Å². The van der Waals surface area contributed by atoms with Crippen LogP contribution in [0, 0.1) is 5.92 Å². The lowest BCUT2D eigenvalue weighted by molar-refractivity contribution is 0.0950. The summed E-state index contributed by atoms with van der Waals surface area (Å²) in [6.07, 6.45) is 3.43. The van der Waals surface area contributed by atoms with Gasteiger partial charge in [0, 0.05) is 18.7 Å². The molecule has 3 rings (SSSR count). The quantitative estimate of drug-likeness (QED) is 0.595. The van der Waals surface area contributed by atoms with Crippen molar-refractivity contribution in [3.63, 3.8) is 0 Å². The van der Waals surface area contributed by atoms with Crippen molar-refractivity contribution in [2.24, 2.45) is 5.92 Å². The zero-order chi connectivity index (χ0) is 19.4. The summed E-state index contributed by atoms with van der Waals surface area (Å²) in [5.41, 5.74) is 0.354. The average Bonchev–Trinajstić information content (AvgIpc) is 2.67. The summed E-state index contributed by atoms with van der Waals surface area (Å²) in [6.45, 7) is 8.42. The van der Waals surface area contributed by atoms with Crippen molar-refractivity contribution in [3.8, 4) is 0 Å². The molecule has 0 saturated carbocycles. The van der Waals surface area contributed by atoms with Crippen molar-refractivity contribution in [2.75, 3.05) is 26.2 Å². The molecule has 1 amide bonds. The van der Waals surface area contributed by atoms with Gasteiger partial charge < -0.3 is 19.8 Å². The Morgan fingerprint density at radius 1 is 1.26 bits per heavy atom. The maximum Gasteiger partial charge on any atom is 0.316 e. The highest BCUT2D eigenvalue weighted by Gasteiger charge is 2.15. The van der Waals surface area contributed by atoms with Gasteiger partial charge in [0.15, 0.2) is 0 Å². The number of nitrogens with zero attached hydrogens (tertiary/aromatic N) is 2. The number of aryl methyl sites for hydroxylation is 1. The van der Waals surface area contributed by atoms with E-state index < -0.39 is 11.1 Å². The van der Waals surface area contributed by atoms with Gasteiger partial charge in [-0.1, -0.05) is 6.92 Å². The van der Waals surface area contributed by atoms with Gasteiger partial charge in [-0.2, -0.15) is 0 Å². The first-order chi connectivity index (χ1) is 13.0. The zero-order valence-corrected chi connectivity index (χ0v) is 16.1. The summed E-state index contributed by atoms with van der Waals surface area (Å²) in [7, 11) is 0. The van der Waals surface area contributed by atoms with Gasteiger partial charge in [-0.3, -0.25) is 14.4 Å². The van der Waals surface area contributed by atoms with Crippen molar-refractivity contribution in [2.45, 2.75) is 39.7 Å². The molecule has 1 saturated heterocycles. The summed E-state index contributed by atoms with van der Waals surface area (Å²) >= 11 is 0. The van der Waals surface area contributed by atoms with E-state index in [1.54, 1.807) is 18.2 Å². The van der Waals surface area contributed by atoms with Crippen LogP contribution in [-0.2, 0) is 6.54 Å². The smallest absolute Gasteiger partial charge is 0.316 e. The summed E-state index contributed by atoms with van der Waals surface area (Å²) in [4.78, 5) is 41.1. The number of H-pyrrole nitrogens is 1. The van der Waals surface area contributed by atoms with E-state index in [0.29, 0.717) is 29.7 Å². The molecule has 0 atom stereocenters. The molecule has 146 valence electrons. The molecule has 0 spiro atoms. The third-order valence-electron chi connectivity index (χ3n) is 5.37. The van der Waals surface area contributed by atoms with Crippen LogP contribution >= 0.6 is 0 Å². The normalized spacial score (nSPS) is 15.9. The van der Waals surface area contributed by atoms with Gasteiger partial charge in [0.1, 0.15) is 0 Å². The van der Waals surface area contributed by atoms with E-state index >= 15 is 0 Å². The van der Waals surface area contributed by atoms with Gasteiger partial charge >= 0.3 is 11.1 Å². The molecule has 0 aliphatic carbocycles. The number of nitrogens with one attached hydrogen (secondary N) is 2. The Morgan fingerprint density at radius 3 is 2.70 bits per heavy atom. The minimum atomic E-state index is -0.669. The van der Waals surface area contributed by atoms with Gasteiger partial charge in [0.25, 0.3) is 5.91 Å². The molecule has 1 aliphatic rings. The second-order valence-corrected chi connectivity index (χ2v) is 7.37. The Bertz CT molecular complexity index is 923. The number of piperidine rings is 1. The molecule has 2 heterocycles. The number of carbonyl (C=O) groups excluding carboxylic acids is 1. The monoisotopic (exact) mass is 372 g/mol. The number of aromatic nitrogens is 2. The van der Waals surface area contributed by atoms with E-state index in [2.05, 4.69) is 22.1 Å². The molecule has 7 heteroatoms. The summed E-state index contributed by atoms with van der Waals surface area (Å²) < 4.78 is 1.41. The number of rotatable bonds is 6. The van der Waals surface area contributed by atoms with Crippen molar-refractivity contribution in [1.82, 2.24) is 19.8 Å². The van der Waals surface area contributed by atoms with Gasteiger partial charge in [-0.15, -0.1) is 0 Å². The van der Waals surface area contributed by atoms with Crippen molar-refractivity contribution in [3.05, 3.63) is 44.5 Å². The second kappa shape index (κ2) is 8.52. The van der Waals surface area contributed by atoms with E-state index in [-0.39, 0.29) is 5.91 Å². The third-order valence-corrected chi connectivity index (χ3v) is 5.37. The first-order valence-corrected chi connectivity index (χ1v) is 9.77. The van der Waals surface area contributed by atoms with Crippen molar-refractivity contribution < 1.29 is 4.79 Å². The molecule has 1 aromatic heterocycles. The third kappa shape index (κ3) is 4.47. The Balaban J connectivity index is 1.60. The maximum absolute atomic E-state index is 12.4. The second-order valence-electron chi connectivity index (χ2n) is 7.37. The number of aromatic amines is 1. The average molecular weight is 372 g/mol. The van der Waals surface area contributed by atoms with Crippen LogP contribution in [0.4, 0.5) is 0 Å². The minimum Gasteiger partial charge on any atom is -0.352 e. The summed E-state index contributed by atoms with van der Waals surface area (Å²) in [5.74, 6) is 0.656. The van der Waals surface area contributed by atoms with E-state index in [4.69, 9.17) is 0 Å². The molecular formula is C20H28N4O3. The topological polar surface area (TPSA) is 87.2 Å². The van der Waals surface area contributed by atoms with Crippen LogP contribution in [0.2, 0.25) is 0 Å². The fraction of sp³-hybridized carbons (Fsp3) is 0.550. The molecule has 0 unspecified atom stereocenters. The van der Waals surface area contributed by atoms with Crippen LogP contribution in [0.5, 0.6) is 0 Å². The van der Waals surface area contributed by atoms with Crippen molar-refractivity contribution >= 4 is 16.9 Å². The number of likely N-dealkylation sites (tertiary alicyclic amines) is 1. The number of benzene rings is 1. The predicted molar refractivity (Wildman–Crippen MR) is 106 cm³/mol. The predicted octanol–water partition coefficient (Wildman–Crippen LogP) is 1.56. The lowest BCUT2D eigenvalue weighted by Gasteiger charge is -2.30. The van der Waals surface area contributed by atoms with Crippen LogP contribution in [0.1, 0.15) is 43.5 Å². The van der Waals surface area contributed by atoms with Gasteiger partial charge in [0.05, 0.1) is 11.0 Å². The fourth-order valence-corrected chi connectivity index (χ4v) is 3.63. The van der Waals surface area contributed by atoms with Crippen LogP contribution in [-0.4, -0.2) is 46.5 Å². The highest BCUT2D eigenvalue weighted by atomic mass is 16.2. The maximum atomic E-state index is 12.4. The SMILES string of the molecule is CCn1c(=O)c(=O)[nH]c2cc(C(=O)NCCCN3CCC(C)CC3)ccc21. The van der Waals surface area contributed by atoms with E-state index in [0.717, 1.165) is 32.0 Å². The van der Waals surface area contributed by atoms with E-state index in [1.807, 2.05) is 6.92 Å². The van der Waals surface area contributed by atoms with Gasteiger partial charge in [-0.25, -0.2) is 0 Å². The standard InChI is InChI=1S/C20H28N4O3/c1-3-24-17-6-5-15(13-16(17)22-19(26)20(24)27)18(25)21-9-4-10-23-11-7-14(2)8-12-23/h5-6,13-14H,3-4,7-12H2,1-2H3,(H,21,25)(H,22,26). The molecule has 2 aromatic rings. The zero-order valence-electron chi connectivity index (χ0n) is 16.1. The number of fused-ring (bicyclic) bond motifs is 1. The Morgan fingerprint density at radius 2 is 2.00 bits per heavy atom. The first-order valence-electron chi connectivity index (χ1n) is 9.77. The largest absolute Gasteiger partial charge is 0.352 e. The number of carbonyl (C=O) groups is 1. The summed E-state index contributed by atoms with van der Waals surface area (Å²) in [6, 6.07) is 5.03. The Labute approximate surface area is 158 Å². The van der Waals surface area contributed by atoms with E-state index in [9.17, 15) is 14.4 Å². The van der Waals surface area contributed by atoms with Crippen LogP contribution < -0.4 is 16.4 Å². The molecular weight excluding hydrogens is 344 g/mol. The highest BCUT2D eigenvalue weighted by Crippen LogP contribution is 2.16. The molecule has 7 nitrogen and oxygen atoms in total. The van der Waals surface area contributed by atoms with Gasteiger partial charge in [0.2, 0.25) is 0 Å². The molecule has 1 fully saturated rings. The van der Waals surface area contributed by atoms with Crippen LogP contribution in [0.15, 0.2) is 27.8 Å². The lowest BCUT2D eigenvalue weighted by Crippen LogP contribution is -2.36. The highest BCUT2D eigenvalue weighted by molar-refractivity contribution is 5.97. The van der Waals surface area contributed by atoms with Crippen LogP contribution in [0.3, 0.4) is 0 Å².